The quantitative estimate of drug-likeness (QED) is 0.378. The average molecular weight is 398 g/mol. The third-order valence-corrected chi connectivity index (χ3v) is 4.38. The van der Waals surface area contributed by atoms with E-state index in [4.69, 9.17) is 19.9 Å². The third kappa shape index (κ3) is 5.32. The first-order chi connectivity index (χ1) is 13.9. The van der Waals surface area contributed by atoms with Crippen LogP contribution in [-0.4, -0.2) is 43.6 Å². The van der Waals surface area contributed by atoms with Crippen molar-refractivity contribution < 1.29 is 28.6 Å². The second-order valence-electron chi connectivity index (χ2n) is 6.49. The predicted octanol–water partition coefficient (Wildman–Crippen LogP) is 2.44. The van der Waals surface area contributed by atoms with Crippen LogP contribution in [0.4, 0.5) is 11.4 Å². The number of carbonyl (C=O) groups is 3. The molecule has 1 unspecified atom stereocenters. The Kier molecular flexibility index (Phi) is 6.46. The SMILES string of the molecule is CC(=O)c1ccc(C(N)=O)cc1Nc1ccc(OCCOC2CCOC2=O)cc1. The number of carbonyl (C=O) groups excluding carboxylic acids is 3. The zero-order valence-electron chi connectivity index (χ0n) is 16.0. The second kappa shape index (κ2) is 9.20. The summed E-state index contributed by atoms with van der Waals surface area (Å²) >= 11 is 0. The first-order valence-electron chi connectivity index (χ1n) is 9.17. The average Bonchev–Trinajstić information content (AvgIpc) is 3.11. The maximum atomic E-state index is 11.8. The van der Waals surface area contributed by atoms with Crippen molar-refractivity contribution in [2.45, 2.75) is 19.4 Å². The maximum absolute atomic E-state index is 11.8. The Morgan fingerprint density at radius 2 is 1.93 bits per heavy atom. The second-order valence-corrected chi connectivity index (χ2v) is 6.49. The van der Waals surface area contributed by atoms with Crippen LogP contribution < -0.4 is 15.8 Å². The van der Waals surface area contributed by atoms with Crippen LogP contribution in [0.5, 0.6) is 5.75 Å². The Balaban J connectivity index is 1.57. The summed E-state index contributed by atoms with van der Waals surface area (Å²) in [5, 5.41) is 3.13. The van der Waals surface area contributed by atoms with Crippen LogP contribution in [0.15, 0.2) is 42.5 Å². The molecule has 1 saturated heterocycles. The van der Waals surface area contributed by atoms with Gasteiger partial charge < -0.3 is 25.3 Å². The van der Waals surface area contributed by atoms with Crippen molar-refractivity contribution in [1.82, 2.24) is 0 Å². The Morgan fingerprint density at radius 3 is 2.55 bits per heavy atom. The lowest BCUT2D eigenvalue weighted by molar-refractivity contribution is -0.147. The van der Waals surface area contributed by atoms with Crippen molar-refractivity contribution in [2.75, 3.05) is 25.1 Å². The smallest absolute Gasteiger partial charge is 0.335 e. The number of rotatable bonds is 9. The highest BCUT2D eigenvalue weighted by Crippen LogP contribution is 2.25. The fourth-order valence-corrected chi connectivity index (χ4v) is 2.88. The van der Waals surface area contributed by atoms with Gasteiger partial charge >= 0.3 is 5.97 Å². The predicted molar refractivity (Wildman–Crippen MR) is 106 cm³/mol. The van der Waals surface area contributed by atoms with Crippen LogP contribution in [0.25, 0.3) is 0 Å². The minimum Gasteiger partial charge on any atom is -0.491 e. The number of ketones is 1. The molecule has 0 aliphatic carbocycles. The van der Waals surface area contributed by atoms with Crippen molar-refractivity contribution >= 4 is 29.0 Å². The number of esters is 1. The van der Waals surface area contributed by atoms with E-state index in [-0.39, 0.29) is 18.4 Å². The largest absolute Gasteiger partial charge is 0.491 e. The van der Waals surface area contributed by atoms with Gasteiger partial charge in [0.05, 0.1) is 18.9 Å². The van der Waals surface area contributed by atoms with Crippen LogP contribution in [0.3, 0.4) is 0 Å². The van der Waals surface area contributed by atoms with E-state index in [1.54, 1.807) is 36.4 Å². The molecule has 1 fully saturated rings. The van der Waals surface area contributed by atoms with Gasteiger partial charge in [-0.3, -0.25) is 9.59 Å². The van der Waals surface area contributed by atoms with Gasteiger partial charge in [-0.2, -0.15) is 0 Å². The number of primary amides is 1. The molecule has 1 aliphatic rings. The molecule has 8 nitrogen and oxygen atoms in total. The van der Waals surface area contributed by atoms with Gasteiger partial charge in [0.1, 0.15) is 12.4 Å². The number of amides is 1. The van der Waals surface area contributed by atoms with Crippen molar-refractivity contribution in [3.8, 4) is 5.75 Å². The molecule has 8 heteroatoms. The fraction of sp³-hybridized carbons (Fsp3) is 0.286. The van der Waals surface area contributed by atoms with Crippen molar-refractivity contribution in [3.63, 3.8) is 0 Å². The van der Waals surface area contributed by atoms with E-state index in [0.717, 1.165) is 0 Å². The molecule has 1 amide bonds. The molecule has 152 valence electrons. The van der Waals surface area contributed by atoms with E-state index < -0.39 is 12.0 Å². The molecule has 3 rings (SSSR count). The van der Waals surface area contributed by atoms with Gasteiger partial charge in [0.25, 0.3) is 0 Å². The topological polar surface area (TPSA) is 117 Å². The fourth-order valence-electron chi connectivity index (χ4n) is 2.88. The minimum absolute atomic E-state index is 0.130. The van der Waals surface area contributed by atoms with E-state index in [1.807, 2.05) is 0 Å². The van der Waals surface area contributed by atoms with Gasteiger partial charge in [-0.1, -0.05) is 0 Å². The van der Waals surface area contributed by atoms with Crippen LogP contribution in [0.2, 0.25) is 0 Å². The van der Waals surface area contributed by atoms with Gasteiger partial charge in [0.2, 0.25) is 5.91 Å². The van der Waals surface area contributed by atoms with Gasteiger partial charge in [-0.25, -0.2) is 4.79 Å². The third-order valence-electron chi connectivity index (χ3n) is 4.38. The van der Waals surface area contributed by atoms with Crippen molar-refractivity contribution in [3.05, 3.63) is 53.6 Å². The minimum atomic E-state index is -0.569. The summed E-state index contributed by atoms with van der Waals surface area (Å²) in [6, 6.07) is 11.7. The highest BCUT2D eigenvalue weighted by atomic mass is 16.6. The molecular weight excluding hydrogens is 376 g/mol. The van der Waals surface area contributed by atoms with Crippen LogP contribution >= 0.6 is 0 Å². The molecular formula is C21H22N2O6. The molecule has 2 aromatic carbocycles. The normalized spacial score (nSPS) is 15.6. The number of nitrogens with one attached hydrogen (secondary N) is 1. The number of Topliss-reactive ketones (excluding diaryl/α,β-unsaturated/α-hetero) is 1. The highest BCUT2D eigenvalue weighted by molar-refractivity contribution is 6.03. The van der Waals surface area contributed by atoms with Crippen LogP contribution in [0.1, 0.15) is 34.1 Å². The van der Waals surface area contributed by atoms with E-state index in [1.165, 1.54) is 13.0 Å². The number of ether oxygens (including phenoxy) is 3. The van der Waals surface area contributed by atoms with Gasteiger partial charge in [0.15, 0.2) is 11.9 Å². The lowest BCUT2D eigenvalue weighted by Gasteiger charge is -2.13. The van der Waals surface area contributed by atoms with Gasteiger partial charge in [-0.15, -0.1) is 0 Å². The number of benzene rings is 2. The van der Waals surface area contributed by atoms with Crippen molar-refractivity contribution in [1.29, 1.82) is 0 Å². The summed E-state index contributed by atoms with van der Waals surface area (Å²) < 4.78 is 15.9. The van der Waals surface area contributed by atoms with Gasteiger partial charge in [0, 0.05) is 23.2 Å². The first-order valence-corrected chi connectivity index (χ1v) is 9.17. The Labute approximate surface area is 167 Å². The molecule has 1 atom stereocenters. The monoisotopic (exact) mass is 398 g/mol. The van der Waals surface area contributed by atoms with Crippen LogP contribution in [0, 0.1) is 0 Å². The van der Waals surface area contributed by atoms with E-state index in [2.05, 4.69) is 5.32 Å². The Morgan fingerprint density at radius 1 is 1.17 bits per heavy atom. The standard InChI is InChI=1S/C21H22N2O6/c1-13(24)17-7-2-14(20(22)25)12-18(17)23-15-3-5-16(6-4-15)27-10-11-28-19-8-9-29-21(19)26/h2-7,12,19,23H,8-11H2,1H3,(H2,22,25). The summed E-state index contributed by atoms with van der Waals surface area (Å²) in [6.07, 6.45) is 0.0649. The summed E-state index contributed by atoms with van der Waals surface area (Å²) in [5.74, 6) is -0.397. The lowest BCUT2D eigenvalue weighted by Crippen LogP contribution is -2.21. The zero-order valence-corrected chi connectivity index (χ0v) is 16.0. The molecule has 1 heterocycles. The molecule has 0 saturated carbocycles. The summed E-state index contributed by atoms with van der Waals surface area (Å²) in [4.78, 5) is 34.6. The number of hydrogen-bond donors (Lipinski definition) is 2. The van der Waals surface area contributed by atoms with E-state index >= 15 is 0 Å². The van der Waals surface area contributed by atoms with E-state index in [9.17, 15) is 14.4 Å². The number of cyclic esters (lactones) is 1. The van der Waals surface area contributed by atoms with Gasteiger partial charge in [-0.05, 0) is 49.4 Å². The maximum Gasteiger partial charge on any atom is 0.335 e. The Hall–Kier alpha value is -3.39. The van der Waals surface area contributed by atoms with Crippen molar-refractivity contribution in [2.24, 2.45) is 5.73 Å². The summed E-state index contributed by atoms with van der Waals surface area (Å²) in [5.41, 5.74) is 7.30. The molecule has 0 spiro atoms. The van der Waals surface area contributed by atoms with Crippen LogP contribution in [-0.2, 0) is 14.3 Å². The molecule has 0 aromatic heterocycles. The first kappa shape index (κ1) is 20.3. The molecule has 29 heavy (non-hydrogen) atoms. The lowest BCUT2D eigenvalue weighted by atomic mass is 10.1. The molecule has 0 radical (unpaired) electrons. The number of anilines is 2. The Bertz CT molecular complexity index is 910. The molecule has 1 aliphatic heterocycles. The zero-order chi connectivity index (χ0) is 20.8. The number of hydrogen-bond acceptors (Lipinski definition) is 7. The summed E-state index contributed by atoms with van der Waals surface area (Å²) in [6.45, 7) is 2.43. The van der Waals surface area contributed by atoms with E-state index in [0.29, 0.717) is 47.9 Å². The highest BCUT2D eigenvalue weighted by Gasteiger charge is 2.26. The molecule has 2 aromatic rings. The summed E-state index contributed by atoms with van der Waals surface area (Å²) in [7, 11) is 0. The molecule has 0 bridgehead atoms. The molecule has 3 N–H and O–H groups in total. The number of nitrogens with two attached hydrogens (primary N) is 1.